The van der Waals surface area contributed by atoms with Crippen LogP contribution in [0.5, 0.6) is 11.5 Å². The molecule has 0 N–H and O–H groups in total. The molecule has 0 atom stereocenters. The Bertz CT molecular complexity index is 785. The Labute approximate surface area is 158 Å². The van der Waals surface area contributed by atoms with Crippen LogP contribution in [0.15, 0.2) is 42.5 Å². The summed E-state index contributed by atoms with van der Waals surface area (Å²) in [4.78, 5) is 14.2. The Kier molecular flexibility index (Phi) is 7.31. The molecule has 136 valence electrons. The van der Waals surface area contributed by atoms with E-state index in [1.165, 1.54) is 0 Å². The van der Waals surface area contributed by atoms with E-state index in [-0.39, 0.29) is 18.9 Å². The number of anilines is 1. The zero-order chi connectivity index (χ0) is 18.9. The van der Waals surface area contributed by atoms with Crippen LogP contribution in [0.25, 0.3) is 0 Å². The second-order valence-corrected chi connectivity index (χ2v) is 6.02. The number of benzene rings is 2. The molecule has 0 aliphatic heterocycles. The van der Waals surface area contributed by atoms with Crippen molar-refractivity contribution in [3.8, 4) is 17.6 Å². The van der Waals surface area contributed by atoms with Crippen molar-refractivity contribution in [2.24, 2.45) is 0 Å². The molecule has 0 aliphatic rings. The normalized spacial score (nSPS) is 10.1. The Morgan fingerprint density at radius 1 is 1.19 bits per heavy atom. The summed E-state index contributed by atoms with van der Waals surface area (Å²) in [5.41, 5.74) is 1.56. The topological polar surface area (TPSA) is 62.6 Å². The van der Waals surface area contributed by atoms with Gasteiger partial charge in [0.2, 0.25) is 0 Å². The number of amides is 1. The van der Waals surface area contributed by atoms with Crippen LogP contribution < -0.4 is 14.4 Å². The van der Waals surface area contributed by atoms with Crippen molar-refractivity contribution in [2.45, 2.75) is 20.3 Å². The predicted octanol–water partition coefficient (Wildman–Crippen LogP) is 4.37. The Balaban J connectivity index is 2.09. The van der Waals surface area contributed by atoms with Gasteiger partial charge in [0.15, 0.2) is 6.61 Å². The largest absolute Gasteiger partial charge is 0.494 e. The molecule has 0 aromatic heterocycles. The summed E-state index contributed by atoms with van der Waals surface area (Å²) in [6.07, 6.45) is 0.235. The van der Waals surface area contributed by atoms with E-state index in [9.17, 15) is 4.79 Å². The first kappa shape index (κ1) is 19.6. The highest BCUT2D eigenvalue weighted by molar-refractivity contribution is 6.30. The number of ether oxygens (including phenoxy) is 2. The smallest absolute Gasteiger partial charge is 0.264 e. The minimum absolute atomic E-state index is 0.124. The van der Waals surface area contributed by atoms with Gasteiger partial charge < -0.3 is 14.4 Å². The summed E-state index contributed by atoms with van der Waals surface area (Å²) < 4.78 is 11.1. The molecular formula is C20H21ClN2O3. The molecule has 2 rings (SSSR count). The van der Waals surface area contributed by atoms with Crippen molar-refractivity contribution in [2.75, 3.05) is 24.7 Å². The highest BCUT2D eigenvalue weighted by atomic mass is 35.5. The number of halogens is 1. The average molecular weight is 373 g/mol. The number of hydrogen-bond acceptors (Lipinski definition) is 4. The lowest BCUT2D eigenvalue weighted by Crippen LogP contribution is -2.35. The number of hydrogen-bond donors (Lipinski definition) is 0. The van der Waals surface area contributed by atoms with Crippen LogP contribution in [0.4, 0.5) is 5.69 Å². The van der Waals surface area contributed by atoms with E-state index in [2.05, 4.69) is 6.07 Å². The van der Waals surface area contributed by atoms with Gasteiger partial charge in [-0.25, -0.2) is 0 Å². The lowest BCUT2D eigenvalue weighted by Gasteiger charge is -2.22. The highest BCUT2D eigenvalue weighted by Gasteiger charge is 2.17. The van der Waals surface area contributed by atoms with Gasteiger partial charge in [-0.05, 0) is 61.9 Å². The number of carbonyl (C=O) groups excluding carboxylic acids is 1. The van der Waals surface area contributed by atoms with Crippen LogP contribution in [-0.4, -0.2) is 25.7 Å². The number of nitrogens with zero attached hydrogens (tertiary/aromatic N) is 2. The average Bonchev–Trinajstić information content (AvgIpc) is 2.63. The molecular weight excluding hydrogens is 352 g/mol. The molecule has 6 heteroatoms. The third-order valence-electron chi connectivity index (χ3n) is 3.70. The molecule has 0 saturated heterocycles. The zero-order valence-electron chi connectivity index (χ0n) is 14.9. The number of nitriles is 1. The fourth-order valence-electron chi connectivity index (χ4n) is 2.44. The van der Waals surface area contributed by atoms with Gasteiger partial charge in [0.05, 0.1) is 19.1 Å². The number of carbonyl (C=O) groups is 1. The van der Waals surface area contributed by atoms with Gasteiger partial charge in [0, 0.05) is 17.3 Å². The van der Waals surface area contributed by atoms with Crippen LogP contribution in [0.1, 0.15) is 18.9 Å². The van der Waals surface area contributed by atoms with Crippen LogP contribution >= 0.6 is 11.6 Å². The minimum atomic E-state index is -0.223. The highest BCUT2D eigenvalue weighted by Crippen LogP contribution is 2.23. The maximum Gasteiger partial charge on any atom is 0.264 e. The summed E-state index contributed by atoms with van der Waals surface area (Å²) in [5.74, 6) is 1.12. The van der Waals surface area contributed by atoms with Crippen LogP contribution in [0, 0.1) is 18.3 Å². The van der Waals surface area contributed by atoms with Crippen molar-refractivity contribution in [1.82, 2.24) is 0 Å². The molecule has 0 radical (unpaired) electrons. The monoisotopic (exact) mass is 372 g/mol. The lowest BCUT2D eigenvalue weighted by atomic mass is 10.2. The fourth-order valence-corrected chi connectivity index (χ4v) is 2.67. The van der Waals surface area contributed by atoms with E-state index >= 15 is 0 Å². The maximum absolute atomic E-state index is 12.6. The molecule has 26 heavy (non-hydrogen) atoms. The summed E-state index contributed by atoms with van der Waals surface area (Å²) in [6.45, 7) is 4.52. The SMILES string of the molecule is CCOc1ccc(N(CCC#N)C(=O)COc2ccc(Cl)cc2C)cc1. The van der Waals surface area contributed by atoms with Gasteiger partial charge >= 0.3 is 0 Å². The van der Waals surface area contributed by atoms with E-state index in [1.807, 2.05) is 13.8 Å². The molecule has 0 unspecified atom stereocenters. The Morgan fingerprint density at radius 2 is 1.92 bits per heavy atom. The molecule has 1 amide bonds. The predicted molar refractivity (Wildman–Crippen MR) is 102 cm³/mol. The van der Waals surface area contributed by atoms with Gasteiger partial charge in [-0.1, -0.05) is 11.6 Å². The van der Waals surface area contributed by atoms with Gasteiger partial charge in [-0.15, -0.1) is 0 Å². The quantitative estimate of drug-likeness (QED) is 0.690. The van der Waals surface area contributed by atoms with Crippen molar-refractivity contribution in [3.63, 3.8) is 0 Å². The summed E-state index contributed by atoms with van der Waals surface area (Å²) in [7, 11) is 0. The van der Waals surface area contributed by atoms with E-state index in [0.29, 0.717) is 29.6 Å². The number of rotatable bonds is 8. The van der Waals surface area contributed by atoms with E-state index in [4.69, 9.17) is 26.3 Å². The Hall–Kier alpha value is -2.71. The van der Waals surface area contributed by atoms with E-state index in [0.717, 1.165) is 11.3 Å². The second-order valence-electron chi connectivity index (χ2n) is 5.58. The summed E-state index contributed by atoms with van der Waals surface area (Å²) in [6, 6.07) is 14.5. The first-order valence-corrected chi connectivity index (χ1v) is 8.72. The number of aryl methyl sites for hydroxylation is 1. The molecule has 0 heterocycles. The zero-order valence-corrected chi connectivity index (χ0v) is 15.6. The van der Waals surface area contributed by atoms with Crippen molar-refractivity contribution in [1.29, 1.82) is 5.26 Å². The first-order chi connectivity index (χ1) is 12.5. The van der Waals surface area contributed by atoms with Crippen molar-refractivity contribution in [3.05, 3.63) is 53.1 Å². The van der Waals surface area contributed by atoms with Crippen LogP contribution in [0.3, 0.4) is 0 Å². The Morgan fingerprint density at radius 3 is 2.54 bits per heavy atom. The first-order valence-electron chi connectivity index (χ1n) is 8.34. The molecule has 0 fully saturated rings. The fraction of sp³-hybridized carbons (Fsp3) is 0.300. The van der Waals surface area contributed by atoms with Gasteiger partial charge in [0.25, 0.3) is 5.91 Å². The van der Waals surface area contributed by atoms with E-state index in [1.54, 1.807) is 47.4 Å². The molecule has 0 saturated carbocycles. The third-order valence-corrected chi connectivity index (χ3v) is 3.93. The van der Waals surface area contributed by atoms with E-state index < -0.39 is 0 Å². The lowest BCUT2D eigenvalue weighted by molar-refractivity contribution is -0.120. The molecule has 0 spiro atoms. The molecule has 0 aliphatic carbocycles. The third kappa shape index (κ3) is 5.40. The summed E-state index contributed by atoms with van der Waals surface area (Å²) >= 11 is 5.93. The van der Waals surface area contributed by atoms with Gasteiger partial charge in [-0.3, -0.25) is 4.79 Å². The molecule has 5 nitrogen and oxygen atoms in total. The molecule has 2 aromatic carbocycles. The van der Waals surface area contributed by atoms with Crippen molar-refractivity contribution < 1.29 is 14.3 Å². The van der Waals surface area contributed by atoms with Gasteiger partial charge in [0.1, 0.15) is 11.5 Å². The van der Waals surface area contributed by atoms with Crippen LogP contribution in [0.2, 0.25) is 5.02 Å². The minimum Gasteiger partial charge on any atom is -0.494 e. The molecule has 0 bridgehead atoms. The summed E-state index contributed by atoms with van der Waals surface area (Å²) in [5, 5.41) is 9.49. The molecule has 2 aromatic rings. The second kappa shape index (κ2) is 9.69. The van der Waals surface area contributed by atoms with Crippen molar-refractivity contribution >= 4 is 23.2 Å². The standard InChI is InChI=1S/C20H21ClN2O3/c1-3-25-18-8-6-17(7-9-18)23(12-4-11-22)20(24)14-26-19-10-5-16(21)13-15(19)2/h5-10,13H,3-4,12,14H2,1-2H3. The maximum atomic E-state index is 12.6. The van der Waals surface area contributed by atoms with Gasteiger partial charge in [-0.2, -0.15) is 5.26 Å². The van der Waals surface area contributed by atoms with Crippen LogP contribution in [-0.2, 0) is 4.79 Å².